The fraction of sp³-hybridized carbons (Fsp3) is 0.588. The molecule has 2 N–H and O–H groups in total. The summed E-state index contributed by atoms with van der Waals surface area (Å²) >= 11 is 0. The normalized spacial score (nSPS) is 11.5. The standard InChI is InChI=1S/C17H28FN3O2/c1-19-17(20-10-3-4-12-23-14-13-22-2)21-11-9-15-5-7-16(18)8-6-15/h5-8H,3-4,9-14H2,1-2H3,(H2,19,20,21). The molecular weight excluding hydrogens is 297 g/mol. The number of guanidine groups is 1. The molecular formula is C17H28FN3O2. The van der Waals surface area contributed by atoms with Crippen LogP contribution in [0.5, 0.6) is 0 Å². The molecule has 1 rings (SSSR count). The van der Waals surface area contributed by atoms with E-state index in [4.69, 9.17) is 9.47 Å². The molecule has 0 bridgehead atoms. The second-order valence-corrected chi connectivity index (χ2v) is 5.11. The minimum absolute atomic E-state index is 0.203. The van der Waals surface area contributed by atoms with Crippen molar-refractivity contribution in [2.75, 3.05) is 47.1 Å². The van der Waals surface area contributed by atoms with Crippen molar-refractivity contribution in [1.29, 1.82) is 0 Å². The van der Waals surface area contributed by atoms with Crippen LogP contribution in [0.2, 0.25) is 0 Å². The van der Waals surface area contributed by atoms with Crippen LogP contribution in [-0.2, 0) is 15.9 Å². The zero-order valence-electron chi connectivity index (χ0n) is 14.1. The van der Waals surface area contributed by atoms with Crippen molar-refractivity contribution in [1.82, 2.24) is 10.6 Å². The Kier molecular flexibility index (Phi) is 10.8. The van der Waals surface area contributed by atoms with Crippen molar-refractivity contribution in [3.63, 3.8) is 0 Å². The number of hydrogen-bond donors (Lipinski definition) is 2. The van der Waals surface area contributed by atoms with Gasteiger partial charge in [0.15, 0.2) is 5.96 Å². The first-order chi connectivity index (χ1) is 11.3. The van der Waals surface area contributed by atoms with E-state index in [1.54, 1.807) is 26.3 Å². The number of unbranched alkanes of at least 4 members (excludes halogenated alkanes) is 1. The van der Waals surface area contributed by atoms with Crippen molar-refractivity contribution in [3.05, 3.63) is 35.6 Å². The highest BCUT2D eigenvalue weighted by Crippen LogP contribution is 2.02. The third kappa shape index (κ3) is 9.86. The van der Waals surface area contributed by atoms with Gasteiger partial charge in [-0.2, -0.15) is 0 Å². The zero-order valence-corrected chi connectivity index (χ0v) is 14.1. The zero-order chi connectivity index (χ0) is 16.8. The predicted octanol–water partition coefficient (Wildman–Crippen LogP) is 1.98. The molecule has 0 aliphatic heterocycles. The number of benzene rings is 1. The average molecular weight is 325 g/mol. The van der Waals surface area contributed by atoms with Gasteiger partial charge in [0, 0.05) is 33.9 Å². The number of rotatable bonds is 11. The van der Waals surface area contributed by atoms with Crippen LogP contribution in [0.25, 0.3) is 0 Å². The van der Waals surface area contributed by atoms with Crippen LogP contribution < -0.4 is 10.6 Å². The average Bonchev–Trinajstić information content (AvgIpc) is 2.57. The Bertz CT molecular complexity index is 438. The van der Waals surface area contributed by atoms with Gasteiger partial charge >= 0.3 is 0 Å². The van der Waals surface area contributed by atoms with E-state index in [0.717, 1.165) is 50.5 Å². The van der Waals surface area contributed by atoms with Gasteiger partial charge in [-0.15, -0.1) is 0 Å². The number of halogens is 1. The number of nitrogens with zero attached hydrogens (tertiary/aromatic N) is 1. The first-order valence-corrected chi connectivity index (χ1v) is 8.02. The fourth-order valence-electron chi connectivity index (χ4n) is 1.98. The molecule has 0 aliphatic carbocycles. The van der Waals surface area contributed by atoms with Crippen LogP contribution in [0.1, 0.15) is 18.4 Å². The summed E-state index contributed by atoms with van der Waals surface area (Å²) in [5, 5.41) is 6.51. The molecule has 0 aliphatic rings. The van der Waals surface area contributed by atoms with Crippen LogP contribution in [0, 0.1) is 5.82 Å². The minimum atomic E-state index is -0.203. The molecule has 6 heteroatoms. The molecule has 0 unspecified atom stereocenters. The lowest BCUT2D eigenvalue weighted by Crippen LogP contribution is -2.38. The molecule has 0 atom stereocenters. The van der Waals surface area contributed by atoms with Gasteiger partial charge in [0.2, 0.25) is 0 Å². The Labute approximate surface area is 138 Å². The Morgan fingerprint density at radius 1 is 1.04 bits per heavy atom. The van der Waals surface area contributed by atoms with Crippen LogP contribution in [0.15, 0.2) is 29.3 Å². The third-order valence-corrected chi connectivity index (χ3v) is 3.28. The maximum absolute atomic E-state index is 12.8. The second-order valence-electron chi connectivity index (χ2n) is 5.11. The van der Waals surface area contributed by atoms with Crippen molar-refractivity contribution in [3.8, 4) is 0 Å². The molecule has 0 saturated carbocycles. The van der Waals surface area contributed by atoms with Gasteiger partial charge in [-0.05, 0) is 37.0 Å². The molecule has 1 aromatic carbocycles. The summed E-state index contributed by atoms with van der Waals surface area (Å²) in [4.78, 5) is 4.18. The maximum Gasteiger partial charge on any atom is 0.190 e. The summed E-state index contributed by atoms with van der Waals surface area (Å²) in [7, 11) is 3.42. The van der Waals surface area contributed by atoms with Gasteiger partial charge in [-0.3, -0.25) is 4.99 Å². The van der Waals surface area contributed by atoms with Crippen LogP contribution in [-0.4, -0.2) is 53.0 Å². The van der Waals surface area contributed by atoms with E-state index in [1.807, 2.05) is 0 Å². The molecule has 0 aromatic heterocycles. The van der Waals surface area contributed by atoms with Crippen molar-refractivity contribution >= 4 is 5.96 Å². The van der Waals surface area contributed by atoms with E-state index in [2.05, 4.69) is 15.6 Å². The van der Waals surface area contributed by atoms with Crippen LogP contribution >= 0.6 is 0 Å². The molecule has 0 radical (unpaired) electrons. The summed E-state index contributed by atoms with van der Waals surface area (Å²) in [6.07, 6.45) is 2.85. The molecule has 130 valence electrons. The van der Waals surface area contributed by atoms with Gasteiger partial charge in [-0.25, -0.2) is 4.39 Å². The fourth-order valence-corrected chi connectivity index (χ4v) is 1.98. The lowest BCUT2D eigenvalue weighted by atomic mass is 10.1. The smallest absolute Gasteiger partial charge is 0.190 e. The third-order valence-electron chi connectivity index (χ3n) is 3.28. The maximum atomic E-state index is 12.8. The van der Waals surface area contributed by atoms with E-state index in [1.165, 1.54) is 12.1 Å². The van der Waals surface area contributed by atoms with Gasteiger partial charge in [0.25, 0.3) is 0 Å². The van der Waals surface area contributed by atoms with E-state index >= 15 is 0 Å². The van der Waals surface area contributed by atoms with Crippen LogP contribution in [0.4, 0.5) is 4.39 Å². The van der Waals surface area contributed by atoms with E-state index in [0.29, 0.717) is 13.2 Å². The van der Waals surface area contributed by atoms with E-state index in [9.17, 15) is 4.39 Å². The summed E-state index contributed by atoms with van der Waals surface area (Å²) in [5.41, 5.74) is 1.10. The lowest BCUT2D eigenvalue weighted by Gasteiger charge is -2.12. The minimum Gasteiger partial charge on any atom is -0.382 e. The topological polar surface area (TPSA) is 54.9 Å². The number of aliphatic imine (C=N–C) groups is 1. The summed E-state index contributed by atoms with van der Waals surface area (Å²) in [6, 6.07) is 6.57. The predicted molar refractivity (Wildman–Crippen MR) is 91.4 cm³/mol. The highest BCUT2D eigenvalue weighted by atomic mass is 19.1. The highest BCUT2D eigenvalue weighted by Gasteiger charge is 1.98. The lowest BCUT2D eigenvalue weighted by molar-refractivity contribution is 0.0689. The molecule has 0 amide bonds. The van der Waals surface area contributed by atoms with Gasteiger partial charge in [0.05, 0.1) is 13.2 Å². The number of hydrogen-bond acceptors (Lipinski definition) is 3. The summed E-state index contributed by atoms with van der Waals surface area (Å²) in [5.74, 6) is 0.581. The van der Waals surface area contributed by atoms with E-state index in [-0.39, 0.29) is 5.82 Å². The first-order valence-electron chi connectivity index (χ1n) is 8.02. The first kappa shape index (κ1) is 19.4. The largest absolute Gasteiger partial charge is 0.382 e. The molecule has 23 heavy (non-hydrogen) atoms. The van der Waals surface area contributed by atoms with Gasteiger partial charge in [0.1, 0.15) is 5.82 Å². The molecule has 0 fully saturated rings. The Balaban J connectivity index is 2.05. The Hall–Kier alpha value is -1.66. The quantitative estimate of drug-likeness (QED) is 0.371. The summed E-state index contributed by atoms with van der Waals surface area (Å²) < 4.78 is 23.1. The van der Waals surface area contributed by atoms with Crippen molar-refractivity contribution in [2.45, 2.75) is 19.3 Å². The Morgan fingerprint density at radius 2 is 1.78 bits per heavy atom. The van der Waals surface area contributed by atoms with Gasteiger partial charge < -0.3 is 20.1 Å². The van der Waals surface area contributed by atoms with Crippen molar-refractivity contribution in [2.24, 2.45) is 4.99 Å². The summed E-state index contributed by atoms with van der Waals surface area (Å²) in [6.45, 7) is 3.65. The molecule has 1 aromatic rings. The Morgan fingerprint density at radius 3 is 2.48 bits per heavy atom. The number of methoxy groups -OCH3 is 1. The number of nitrogens with one attached hydrogen (secondary N) is 2. The monoisotopic (exact) mass is 325 g/mol. The molecule has 0 spiro atoms. The molecule has 5 nitrogen and oxygen atoms in total. The van der Waals surface area contributed by atoms with E-state index < -0.39 is 0 Å². The second kappa shape index (κ2) is 12.8. The van der Waals surface area contributed by atoms with Gasteiger partial charge in [-0.1, -0.05) is 12.1 Å². The number of ether oxygens (including phenoxy) is 2. The molecule has 0 saturated heterocycles. The SMILES string of the molecule is CN=C(NCCCCOCCOC)NCCc1ccc(F)cc1. The molecule has 0 heterocycles. The highest BCUT2D eigenvalue weighted by molar-refractivity contribution is 5.79. The van der Waals surface area contributed by atoms with Crippen LogP contribution in [0.3, 0.4) is 0 Å². The van der Waals surface area contributed by atoms with Crippen molar-refractivity contribution < 1.29 is 13.9 Å².